The first kappa shape index (κ1) is 25.8. The van der Waals surface area contributed by atoms with Gasteiger partial charge in [0.25, 0.3) is 5.56 Å². The number of hydrogen-bond donors (Lipinski definition) is 3. The largest absolute Gasteiger partial charge is 0.493 e. The highest BCUT2D eigenvalue weighted by molar-refractivity contribution is 7.99. The standard InChI is InChI=1S/C25H26N6O5S/c1-14-5-6-15(2)18(9-14)31-21(11-17-12-22(32)28-24(34)27-17)29-30-25(31)37-13-23(33)26-16-7-8-19(35-3)20(10-16)36-4/h5-10,12H,11,13H2,1-4H3,(H,26,33)(H2,27,28,32,34). The predicted octanol–water partition coefficient (Wildman–Crippen LogP) is 2.60. The molecule has 192 valence electrons. The number of carbonyl (C=O) groups excluding carboxylic acids is 1. The minimum Gasteiger partial charge on any atom is -0.493 e. The number of hydrogen-bond acceptors (Lipinski definition) is 8. The molecule has 0 fully saturated rings. The summed E-state index contributed by atoms with van der Waals surface area (Å²) in [5.74, 6) is 1.40. The van der Waals surface area contributed by atoms with Crippen LogP contribution in [0.1, 0.15) is 22.6 Å². The number of ether oxygens (including phenoxy) is 2. The Morgan fingerprint density at radius 1 is 1.00 bits per heavy atom. The third kappa shape index (κ3) is 6.09. The molecule has 2 aromatic heterocycles. The van der Waals surface area contributed by atoms with Gasteiger partial charge in [0.2, 0.25) is 5.91 Å². The number of rotatable bonds is 9. The molecule has 2 aromatic carbocycles. The molecule has 11 nitrogen and oxygen atoms in total. The zero-order valence-electron chi connectivity index (χ0n) is 20.7. The minimum atomic E-state index is -0.596. The molecule has 0 bridgehead atoms. The van der Waals surface area contributed by atoms with Gasteiger partial charge in [0, 0.05) is 29.9 Å². The van der Waals surface area contributed by atoms with Crippen LogP contribution < -0.4 is 26.0 Å². The van der Waals surface area contributed by atoms with Crippen LogP contribution in [0.3, 0.4) is 0 Å². The lowest BCUT2D eigenvalue weighted by Gasteiger charge is -2.14. The molecule has 1 amide bonds. The highest BCUT2D eigenvalue weighted by atomic mass is 32.2. The maximum atomic E-state index is 12.7. The molecule has 0 spiro atoms. The predicted molar refractivity (Wildman–Crippen MR) is 140 cm³/mol. The molecule has 37 heavy (non-hydrogen) atoms. The molecule has 2 heterocycles. The number of carbonyl (C=O) groups is 1. The van der Waals surface area contributed by atoms with Crippen LogP contribution >= 0.6 is 11.8 Å². The highest BCUT2D eigenvalue weighted by Crippen LogP contribution is 2.30. The SMILES string of the molecule is COc1ccc(NC(=O)CSc2nnc(Cc3cc(=O)[nH]c(=O)[nH]3)n2-c2cc(C)ccc2C)cc1OC. The first-order chi connectivity index (χ1) is 17.8. The Morgan fingerprint density at radius 3 is 2.51 bits per heavy atom. The smallest absolute Gasteiger partial charge is 0.325 e. The lowest BCUT2D eigenvalue weighted by atomic mass is 10.1. The number of amides is 1. The van der Waals surface area contributed by atoms with Crippen LogP contribution in [0.4, 0.5) is 5.69 Å². The summed E-state index contributed by atoms with van der Waals surface area (Å²) in [7, 11) is 3.07. The summed E-state index contributed by atoms with van der Waals surface area (Å²) in [6, 6.07) is 12.4. The molecular weight excluding hydrogens is 496 g/mol. The molecule has 4 rings (SSSR count). The number of benzene rings is 2. The molecule has 0 aliphatic heterocycles. The number of thioether (sulfide) groups is 1. The van der Waals surface area contributed by atoms with Crippen molar-refractivity contribution in [2.75, 3.05) is 25.3 Å². The van der Waals surface area contributed by atoms with Crippen molar-refractivity contribution < 1.29 is 14.3 Å². The summed E-state index contributed by atoms with van der Waals surface area (Å²) < 4.78 is 12.4. The molecule has 12 heteroatoms. The van der Waals surface area contributed by atoms with Crippen LogP contribution in [-0.2, 0) is 11.2 Å². The Bertz CT molecular complexity index is 1530. The van der Waals surface area contributed by atoms with E-state index in [1.807, 2.05) is 36.6 Å². The van der Waals surface area contributed by atoms with Crippen molar-refractivity contribution in [3.8, 4) is 17.2 Å². The zero-order chi connectivity index (χ0) is 26.5. The van der Waals surface area contributed by atoms with Crippen molar-refractivity contribution in [2.45, 2.75) is 25.4 Å². The summed E-state index contributed by atoms with van der Waals surface area (Å²) in [5, 5.41) is 12.0. The van der Waals surface area contributed by atoms with E-state index < -0.39 is 11.2 Å². The quantitative estimate of drug-likeness (QED) is 0.285. The highest BCUT2D eigenvalue weighted by Gasteiger charge is 2.19. The average molecular weight is 523 g/mol. The van der Waals surface area contributed by atoms with Gasteiger partial charge in [-0.3, -0.25) is 19.1 Å². The second-order valence-electron chi connectivity index (χ2n) is 8.22. The number of nitrogens with one attached hydrogen (secondary N) is 3. The van der Waals surface area contributed by atoms with Gasteiger partial charge in [-0.1, -0.05) is 23.9 Å². The van der Waals surface area contributed by atoms with Gasteiger partial charge < -0.3 is 19.8 Å². The number of aryl methyl sites for hydroxylation is 2. The molecule has 4 aromatic rings. The number of anilines is 1. The van der Waals surface area contributed by atoms with Gasteiger partial charge in [0.1, 0.15) is 5.82 Å². The summed E-state index contributed by atoms with van der Waals surface area (Å²) >= 11 is 1.22. The number of aromatic nitrogens is 5. The zero-order valence-corrected chi connectivity index (χ0v) is 21.6. The van der Waals surface area contributed by atoms with Gasteiger partial charge in [-0.15, -0.1) is 10.2 Å². The molecule has 0 saturated carbocycles. The van der Waals surface area contributed by atoms with E-state index in [2.05, 4.69) is 25.5 Å². The molecule has 3 N–H and O–H groups in total. The number of nitrogens with zero attached hydrogens (tertiary/aromatic N) is 3. The monoisotopic (exact) mass is 522 g/mol. The number of methoxy groups -OCH3 is 2. The molecule has 0 aliphatic carbocycles. The molecular formula is C25H26N6O5S. The van der Waals surface area contributed by atoms with E-state index in [-0.39, 0.29) is 18.1 Å². The van der Waals surface area contributed by atoms with Gasteiger partial charge >= 0.3 is 5.69 Å². The number of aromatic amines is 2. The molecule has 0 saturated heterocycles. The second-order valence-corrected chi connectivity index (χ2v) is 9.16. The molecule has 0 atom stereocenters. The maximum absolute atomic E-state index is 12.7. The van der Waals surface area contributed by atoms with Crippen LogP contribution in [0, 0.1) is 13.8 Å². The lowest BCUT2D eigenvalue weighted by molar-refractivity contribution is -0.113. The third-order valence-electron chi connectivity index (χ3n) is 5.47. The van der Waals surface area contributed by atoms with E-state index in [4.69, 9.17) is 9.47 Å². The van der Waals surface area contributed by atoms with E-state index in [0.717, 1.165) is 16.8 Å². The lowest BCUT2D eigenvalue weighted by Crippen LogP contribution is -2.23. The Kier molecular flexibility index (Phi) is 7.77. The van der Waals surface area contributed by atoms with E-state index in [1.165, 1.54) is 24.9 Å². The number of H-pyrrole nitrogens is 2. The summed E-state index contributed by atoms with van der Waals surface area (Å²) in [6.45, 7) is 3.94. The third-order valence-corrected chi connectivity index (χ3v) is 6.40. The van der Waals surface area contributed by atoms with Crippen molar-refractivity contribution in [3.63, 3.8) is 0 Å². The van der Waals surface area contributed by atoms with E-state index >= 15 is 0 Å². The maximum Gasteiger partial charge on any atom is 0.325 e. The van der Waals surface area contributed by atoms with Crippen LogP contribution in [0.25, 0.3) is 5.69 Å². The fourth-order valence-electron chi connectivity index (χ4n) is 3.74. The Labute approximate surface area is 216 Å². The Hall–Kier alpha value is -4.32. The van der Waals surface area contributed by atoms with E-state index in [1.54, 1.807) is 25.3 Å². The molecule has 0 radical (unpaired) electrons. The van der Waals surface area contributed by atoms with Crippen LogP contribution in [-0.4, -0.2) is 50.6 Å². The first-order valence-electron chi connectivity index (χ1n) is 11.3. The van der Waals surface area contributed by atoms with Gasteiger partial charge in [-0.05, 0) is 43.2 Å². The Balaban J connectivity index is 1.60. The van der Waals surface area contributed by atoms with Crippen molar-refractivity contribution in [1.29, 1.82) is 0 Å². The topological polar surface area (TPSA) is 144 Å². The second kappa shape index (κ2) is 11.2. The van der Waals surface area contributed by atoms with E-state index in [0.29, 0.717) is 33.9 Å². The fourth-order valence-corrected chi connectivity index (χ4v) is 4.50. The van der Waals surface area contributed by atoms with Crippen molar-refractivity contribution >= 4 is 23.4 Å². The minimum absolute atomic E-state index is 0.0686. The van der Waals surface area contributed by atoms with Crippen LogP contribution in [0.5, 0.6) is 11.5 Å². The van der Waals surface area contributed by atoms with Gasteiger partial charge in [0.05, 0.1) is 25.7 Å². The summed E-state index contributed by atoms with van der Waals surface area (Å²) in [5.41, 5.74) is 2.72. The van der Waals surface area contributed by atoms with Gasteiger partial charge in [-0.2, -0.15) is 0 Å². The van der Waals surface area contributed by atoms with Crippen molar-refractivity contribution in [1.82, 2.24) is 24.7 Å². The normalized spacial score (nSPS) is 10.8. The summed E-state index contributed by atoms with van der Waals surface area (Å²) in [4.78, 5) is 41.1. The van der Waals surface area contributed by atoms with E-state index in [9.17, 15) is 14.4 Å². The van der Waals surface area contributed by atoms with Gasteiger partial charge in [-0.25, -0.2) is 4.79 Å². The summed E-state index contributed by atoms with van der Waals surface area (Å²) in [6.07, 6.45) is 0.165. The fraction of sp³-hybridized carbons (Fsp3) is 0.240. The first-order valence-corrected chi connectivity index (χ1v) is 12.2. The Morgan fingerprint density at radius 2 is 1.78 bits per heavy atom. The molecule has 0 aliphatic rings. The average Bonchev–Trinajstić information content (AvgIpc) is 3.25. The van der Waals surface area contributed by atoms with Crippen LogP contribution in [0.15, 0.2) is 57.2 Å². The van der Waals surface area contributed by atoms with Crippen molar-refractivity contribution in [3.05, 3.63) is 85.9 Å². The van der Waals surface area contributed by atoms with Crippen LogP contribution in [0.2, 0.25) is 0 Å². The molecule has 0 unspecified atom stereocenters. The van der Waals surface area contributed by atoms with Gasteiger partial charge in [0.15, 0.2) is 16.7 Å². The van der Waals surface area contributed by atoms with Crippen molar-refractivity contribution in [2.24, 2.45) is 0 Å².